The molecule has 0 aromatic carbocycles. The van der Waals surface area contributed by atoms with Crippen molar-refractivity contribution in [2.75, 3.05) is 6.54 Å². The molecule has 66 valence electrons. The summed E-state index contributed by atoms with van der Waals surface area (Å²) in [5.74, 6) is -0.294. The molecule has 0 fully saturated rings. The fourth-order valence-electron chi connectivity index (χ4n) is 0.644. The van der Waals surface area contributed by atoms with Gasteiger partial charge >= 0.3 is 0 Å². The summed E-state index contributed by atoms with van der Waals surface area (Å²) < 4.78 is 0. The van der Waals surface area contributed by atoms with Crippen LogP contribution in [0.15, 0.2) is 0 Å². The van der Waals surface area contributed by atoms with Crippen molar-refractivity contribution in [1.82, 2.24) is 10.2 Å². The van der Waals surface area contributed by atoms with Crippen molar-refractivity contribution in [2.45, 2.75) is 26.0 Å². The van der Waals surface area contributed by atoms with Crippen molar-refractivity contribution in [3.05, 3.63) is 0 Å². The Bertz CT molecular complexity index is 130. The highest BCUT2D eigenvalue weighted by Gasteiger charge is 2.21. The van der Waals surface area contributed by atoms with E-state index in [1.165, 1.54) is 6.92 Å². The van der Waals surface area contributed by atoms with E-state index in [0.29, 0.717) is 6.54 Å². The van der Waals surface area contributed by atoms with E-state index in [-0.39, 0.29) is 5.91 Å². The second-order valence-electron chi connectivity index (χ2n) is 2.22. The molecule has 0 aromatic heterocycles. The van der Waals surface area contributed by atoms with E-state index in [4.69, 9.17) is 16.9 Å². The standard InChI is InChI=1S/C6H13ClN2O2/c1-3-8-6(11)5(9-7)4(2)10/h4-5,9-10H,3H2,1-2H3,(H,8,11)/t4-,5+/m1/s1. The van der Waals surface area contributed by atoms with E-state index in [0.717, 1.165) is 0 Å². The molecule has 0 unspecified atom stereocenters. The molecule has 0 bridgehead atoms. The number of likely N-dealkylation sites (N-methyl/N-ethyl adjacent to an activating group) is 1. The van der Waals surface area contributed by atoms with Crippen LogP contribution in [0.5, 0.6) is 0 Å². The van der Waals surface area contributed by atoms with E-state index >= 15 is 0 Å². The summed E-state index contributed by atoms with van der Waals surface area (Å²) >= 11 is 5.22. The van der Waals surface area contributed by atoms with E-state index < -0.39 is 12.1 Å². The molecule has 0 aliphatic rings. The van der Waals surface area contributed by atoms with Gasteiger partial charge in [0.2, 0.25) is 5.91 Å². The molecular weight excluding hydrogens is 168 g/mol. The van der Waals surface area contributed by atoms with Gasteiger partial charge < -0.3 is 10.4 Å². The Kier molecular flexibility index (Phi) is 5.19. The average Bonchev–Trinajstić information content (AvgIpc) is 1.88. The first-order valence-corrected chi connectivity index (χ1v) is 3.83. The van der Waals surface area contributed by atoms with E-state index in [2.05, 4.69) is 10.2 Å². The first kappa shape index (κ1) is 10.7. The molecule has 0 heterocycles. The van der Waals surface area contributed by atoms with E-state index in [1.807, 2.05) is 0 Å². The summed E-state index contributed by atoms with van der Waals surface area (Å²) in [6.45, 7) is 3.82. The molecule has 11 heavy (non-hydrogen) atoms. The quantitative estimate of drug-likeness (QED) is 0.517. The van der Waals surface area contributed by atoms with Crippen LogP contribution in [0.2, 0.25) is 0 Å². The lowest BCUT2D eigenvalue weighted by atomic mass is 10.2. The number of hydrogen-bond acceptors (Lipinski definition) is 3. The number of halogens is 1. The topological polar surface area (TPSA) is 61.4 Å². The second-order valence-corrected chi connectivity index (χ2v) is 2.44. The van der Waals surface area contributed by atoms with E-state index in [9.17, 15) is 4.79 Å². The zero-order valence-corrected chi connectivity index (χ0v) is 7.35. The van der Waals surface area contributed by atoms with Gasteiger partial charge in [-0.05, 0) is 25.6 Å². The molecule has 5 heteroatoms. The fraction of sp³-hybridized carbons (Fsp3) is 0.833. The predicted molar refractivity (Wildman–Crippen MR) is 43.1 cm³/mol. The normalized spacial score (nSPS) is 15.6. The summed E-state index contributed by atoms with van der Waals surface area (Å²) in [6.07, 6.45) is -0.793. The van der Waals surface area contributed by atoms with Crippen LogP contribution >= 0.6 is 11.8 Å². The largest absolute Gasteiger partial charge is 0.391 e. The molecule has 0 saturated carbocycles. The highest BCUT2D eigenvalue weighted by molar-refractivity contribution is 6.15. The Labute approximate surface area is 71.0 Å². The minimum atomic E-state index is -0.793. The van der Waals surface area contributed by atoms with Gasteiger partial charge in [0.25, 0.3) is 0 Å². The van der Waals surface area contributed by atoms with Crippen LogP contribution in [-0.2, 0) is 4.79 Å². The lowest BCUT2D eigenvalue weighted by Crippen LogP contribution is -2.47. The Morgan fingerprint density at radius 1 is 1.73 bits per heavy atom. The van der Waals surface area contributed by atoms with Gasteiger partial charge in [-0.3, -0.25) is 4.79 Å². The predicted octanol–water partition coefficient (Wildman–Crippen LogP) is -0.385. The summed E-state index contributed by atoms with van der Waals surface area (Å²) in [4.78, 5) is 13.2. The number of hydrogen-bond donors (Lipinski definition) is 3. The lowest BCUT2D eigenvalue weighted by molar-refractivity contribution is -0.124. The summed E-state index contributed by atoms with van der Waals surface area (Å²) in [5, 5.41) is 11.5. The molecule has 0 aliphatic heterocycles. The number of aliphatic hydroxyl groups is 1. The maximum absolute atomic E-state index is 11.0. The average molecular weight is 181 g/mol. The first-order valence-electron chi connectivity index (χ1n) is 3.45. The zero-order valence-electron chi connectivity index (χ0n) is 6.60. The Hall–Kier alpha value is -0.320. The molecule has 0 spiro atoms. The minimum Gasteiger partial charge on any atom is -0.391 e. The zero-order chi connectivity index (χ0) is 8.85. The molecule has 0 aromatic rings. The monoisotopic (exact) mass is 180 g/mol. The van der Waals surface area contributed by atoms with Gasteiger partial charge in [0.05, 0.1) is 6.10 Å². The van der Waals surface area contributed by atoms with Gasteiger partial charge in [-0.2, -0.15) is 0 Å². The summed E-state index contributed by atoms with van der Waals surface area (Å²) in [7, 11) is 0. The third-order valence-electron chi connectivity index (χ3n) is 1.23. The Morgan fingerprint density at radius 2 is 2.27 bits per heavy atom. The fourth-order valence-corrected chi connectivity index (χ4v) is 0.925. The number of carbonyl (C=O) groups excluding carboxylic acids is 1. The van der Waals surface area contributed by atoms with Crippen molar-refractivity contribution < 1.29 is 9.90 Å². The number of nitrogens with one attached hydrogen (secondary N) is 2. The van der Waals surface area contributed by atoms with Crippen LogP contribution in [-0.4, -0.2) is 29.7 Å². The molecule has 2 atom stereocenters. The van der Waals surface area contributed by atoms with Crippen LogP contribution in [0.3, 0.4) is 0 Å². The minimum absolute atomic E-state index is 0.294. The summed E-state index contributed by atoms with van der Waals surface area (Å²) in [6, 6.07) is -0.739. The maximum Gasteiger partial charge on any atom is 0.241 e. The van der Waals surface area contributed by atoms with Crippen molar-refractivity contribution in [1.29, 1.82) is 0 Å². The number of carbonyl (C=O) groups is 1. The lowest BCUT2D eigenvalue weighted by Gasteiger charge is -2.16. The SMILES string of the molecule is CCNC(=O)[C@@H](NCl)[C@@H](C)O. The third-order valence-corrected chi connectivity index (χ3v) is 1.47. The second kappa shape index (κ2) is 5.35. The van der Waals surface area contributed by atoms with Crippen molar-refractivity contribution in [3.8, 4) is 0 Å². The van der Waals surface area contributed by atoms with Crippen molar-refractivity contribution >= 4 is 17.7 Å². The Balaban J connectivity index is 3.92. The van der Waals surface area contributed by atoms with Crippen LogP contribution in [0.1, 0.15) is 13.8 Å². The van der Waals surface area contributed by atoms with Crippen molar-refractivity contribution in [2.24, 2.45) is 0 Å². The molecule has 0 saturated heterocycles. The first-order chi connectivity index (χ1) is 5.13. The molecule has 1 amide bonds. The molecule has 0 radical (unpaired) electrons. The van der Waals surface area contributed by atoms with Crippen LogP contribution < -0.4 is 10.2 Å². The van der Waals surface area contributed by atoms with Crippen LogP contribution in [0, 0.1) is 0 Å². The summed E-state index contributed by atoms with van der Waals surface area (Å²) in [5.41, 5.74) is 0. The highest BCUT2D eigenvalue weighted by atomic mass is 35.5. The van der Waals surface area contributed by atoms with Gasteiger partial charge in [0, 0.05) is 6.54 Å². The molecule has 3 N–H and O–H groups in total. The van der Waals surface area contributed by atoms with E-state index in [1.54, 1.807) is 6.92 Å². The van der Waals surface area contributed by atoms with Gasteiger partial charge in [0.1, 0.15) is 6.04 Å². The van der Waals surface area contributed by atoms with Gasteiger partial charge in [-0.25, -0.2) is 4.84 Å². The number of rotatable bonds is 4. The van der Waals surface area contributed by atoms with Gasteiger partial charge in [-0.1, -0.05) is 0 Å². The molecule has 4 nitrogen and oxygen atoms in total. The third kappa shape index (κ3) is 3.55. The highest BCUT2D eigenvalue weighted by Crippen LogP contribution is 1.93. The number of aliphatic hydroxyl groups excluding tert-OH is 1. The van der Waals surface area contributed by atoms with Gasteiger partial charge in [-0.15, -0.1) is 0 Å². The molecular formula is C6H13ClN2O2. The maximum atomic E-state index is 11.0. The van der Waals surface area contributed by atoms with Crippen LogP contribution in [0.4, 0.5) is 0 Å². The van der Waals surface area contributed by atoms with Gasteiger partial charge in [0.15, 0.2) is 0 Å². The molecule has 0 aliphatic carbocycles. The van der Waals surface area contributed by atoms with Crippen molar-refractivity contribution in [3.63, 3.8) is 0 Å². The van der Waals surface area contributed by atoms with Crippen LogP contribution in [0.25, 0.3) is 0 Å². The molecule has 0 rings (SSSR count). The smallest absolute Gasteiger partial charge is 0.241 e. The Morgan fingerprint density at radius 3 is 2.55 bits per heavy atom. The number of amides is 1.